The summed E-state index contributed by atoms with van der Waals surface area (Å²) in [7, 11) is -19.9. The van der Waals surface area contributed by atoms with Crippen molar-refractivity contribution in [2.24, 2.45) is 0 Å². The van der Waals surface area contributed by atoms with Crippen LogP contribution in [-0.4, -0.2) is 71.3 Å². The monoisotopic (exact) mass is 1260 g/mol. The summed E-state index contributed by atoms with van der Waals surface area (Å²) in [4.78, 5) is 0. The third kappa shape index (κ3) is 8.68. The lowest BCUT2D eigenvalue weighted by molar-refractivity contribution is -0.382. The highest BCUT2D eigenvalue weighted by Gasteiger charge is 2.87. The third-order valence-corrected chi connectivity index (χ3v) is 22.2. The van der Waals surface area contributed by atoms with Crippen LogP contribution >= 0.6 is 15.8 Å². The molecule has 28 heteroatoms. The van der Waals surface area contributed by atoms with Gasteiger partial charge in [0.25, 0.3) is 0 Å². The molecule has 0 spiro atoms. The molecule has 0 aliphatic heterocycles. The summed E-state index contributed by atoms with van der Waals surface area (Å²) < 4.78 is 326. The molecule has 0 unspecified atom stereocenters. The van der Waals surface area contributed by atoms with Gasteiger partial charge in [-0.25, -0.2) is 7.94 Å². The Labute approximate surface area is 465 Å². The predicted octanol–water partition coefficient (Wildman–Crippen LogP) is 14.3. The first-order valence-electron chi connectivity index (χ1n) is 23.9. The number of benzene rings is 8. The normalized spacial score (nSPS) is 14.0. The summed E-state index contributed by atoms with van der Waals surface area (Å²) in [5, 5.41) is -16.0. The van der Waals surface area contributed by atoms with Crippen molar-refractivity contribution in [2.45, 2.75) is 46.6 Å². The van der Waals surface area contributed by atoms with Crippen molar-refractivity contribution in [3.05, 3.63) is 194 Å². The van der Waals surface area contributed by atoms with Crippen LogP contribution in [0.25, 0.3) is 54.7 Å². The van der Waals surface area contributed by atoms with E-state index in [9.17, 15) is 60.7 Å². The molecule has 0 radical (unpaired) electrons. The van der Waals surface area contributed by atoms with Gasteiger partial charge in [-0.1, -0.05) is 170 Å². The molecular weight excluding hydrogens is 1230 g/mol. The van der Waals surface area contributed by atoms with E-state index < -0.39 is 145 Å². The molecule has 0 fully saturated rings. The minimum atomic E-state index is -7.79. The molecule has 0 saturated carbocycles. The Morgan fingerprint density at radius 1 is 0.286 bits per heavy atom. The zero-order valence-electron chi connectivity index (χ0n) is 41.5. The SMILES string of the molecule is O=S(=O)(n1c2ccccc2c2c(-c3c(P(c4ccccc4)c4ccccc4)ccc4c3c3ccccc3n4S(=O)(=O)C(F)(F)C(F)(F)C(F)(F)C(F)(F)F)c(P(c3ccccc3)c3ccccc3)ccc21)C(F)(F)C(F)(F)C(F)(F)C(F)(F)F. The third-order valence-electron chi connectivity index (χ3n) is 13.7. The van der Waals surface area contributed by atoms with Gasteiger partial charge >= 0.3 is 66.6 Å². The number of fused-ring (bicyclic) bond motifs is 6. The Morgan fingerprint density at radius 2 is 0.536 bits per heavy atom. The number of halogens is 18. The van der Waals surface area contributed by atoms with Crippen LogP contribution in [0.1, 0.15) is 0 Å². The van der Waals surface area contributed by atoms with Gasteiger partial charge in [0.1, 0.15) is 0 Å². The van der Waals surface area contributed by atoms with E-state index in [-0.39, 0.29) is 10.6 Å². The molecule has 0 amide bonds. The van der Waals surface area contributed by atoms with Crippen LogP contribution in [0.15, 0.2) is 194 Å². The standard InChI is InChI=1S/C56H32F18N2O4P2S2/c57-49(58,53(65,66)67)51(61,62)55(71,72)83(77,78)75-39-27-15-13-25-37(39)45-41(75)29-31-43(81(33-17-5-1-6-18-33)34-19-7-2-8-20-34)47(45)48-44(82(35-21-9-3-10-22-35)36-23-11-4-12-24-36)32-30-42-46(48)38-26-14-16-28-40(38)76(42)84(79,80)56(73,74)52(63,64)50(59,60)54(68,69)70/h1-32H. The van der Waals surface area contributed by atoms with E-state index >= 15 is 35.1 Å². The molecule has 0 N–H and O–H groups in total. The highest BCUT2D eigenvalue weighted by molar-refractivity contribution is 7.91. The summed E-state index contributed by atoms with van der Waals surface area (Å²) in [5.74, 6) is -31.1. The fourth-order valence-electron chi connectivity index (χ4n) is 9.86. The van der Waals surface area contributed by atoms with E-state index in [1.807, 2.05) is 0 Å². The van der Waals surface area contributed by atoms with Crippen LogP contribution in [0.3, 0.4) is 0 Å². The number of alkyl halides is 18. The highest BCUT2D eigenvalue weighted by atomic mass is 32.2. The Balaban J connectivity index is 1.49. The Morgan fingerprint density at radius 3 is 0.798 bits per heavy atom. The van der Waals surface area contributed by atoms with Gasteiger partial charge in [-0.15, -0.1) is 0 Å². The average Bonchev–Trinajstić information content (AvgIpc) is 1.60. The molecular formula is C56H32F18N2O4P2S2. The van der Waals surface area contributed by atoms with Gasteiger partial charge in [0.05, 0.1) is 22.1 Å². The first-order chi connectivity index (χ1) is 39.1. The van der Waals surface area contributed by atoms with Crippen molar-refractivity contribution in [1.82, 2.24) is 7.94 Å². The fraction of sp³-hybridized carbons (Fsp3) is 0.143. The van der Waals surface area contributed by atoms with E-state index in [2.05, 4.69) is 0 Å². The van der Waals surface area contributed by atoms with Crippen LogP contribution in [0.2, 0.25) is 0 Å². The molecule has 0 bridgehead atoms. The summed E-state index contributed by atoms with van der Waals surface area (Å²) in [6.07, 6.45) is -15.0. The van der Waals surface area contributed by atoms with Gasteiger partial charge in [-0.3, -0.25) is 0 Å². The lowest BCUT2D eigenvalue weighted by Crippen LogP contribution is -2.64. The van der Waals surface area contributed by atoms with Crippen molar-refractivity contribution >= 4 is 111 Å². The van der Waals surface area contributed by atoms with E-state index in [0.717, 1.165) is 60.7 Å². The van der Waals surface area contributed by atoms with E-state index in [1.54, 1.807) is 121 Å². The quantitative estimate of drug-likeness (QED) is 0.0757. The van der Waals surface area contributed by atoms with Crippen molar-refractivity contribution in [1.29, 1.82) is 0 Å². The largest absolute Gasteiger partial charge is 0.460 e. The highest BCUT2D eigenvalue weighted by Crippen LogP contribution is 2.59. The number of hydrogen-bond acceptors (Lipinski definition) is 4. The molecule has 0 saturated heterocycles. The summed E-state index contributed by atoms with van der Waals surface area (Å²) >= 11 is 0. The van der Waals surface area contributed by atoms with Crippen molar-refractivity contribution in [3.8, 4) is 11.1 Å². The lowest BCUT2D eigenvalue weighted by atomic mass is 9.95. The first kappa shape index (κ1) is 60.0. The van der Waals surface area contributed by atoms with Gasteiger partial charge in [0.2, 0.25) is 0 Å². The summed E-state index contributed by atoms with van der Waals surface area (Å²) in [6.45, 7) is 0. The maximum absolute atomic E-state index is 16.4. The summed E-state index contributed by atoms with van der Waals surface area (Å²) in [5.41, 5.74) is -5.51. The van der Waals surface area contributed by atoms with Crippen molar-refractivity contribution in [2.75, 3.05) is 0 Å². The second-order valence-corrected chi connectivity index (χ2v) is 26.6. The molecule has 10 aromatic rings. The number of hydrogen-bond donors (Lipinski definition) is 0. The molecule has 84 heavy (non-hydrogen) atoms. The molecule has 0 aliphatic carbocycles. The van der Waals surface area contributed by atoms with Gasteiger partial charge in [-0.05, 0) is 71.9 Å². The van der Waals surface area contributed by atoms with Gasteiger partial charge in [0.15, 0.2) is 0 Å². The lowest BCUT2D eigenvalue weighted by Gasteiger charge is -2.33. The predicted molar refractivity (Wildman–Crippen MR) is 286 cm³/mol. The van der Waals surface area contributed by atoms with E-state index in [1.165, 1.54) is 0 Å². The smallest absolute Gasteiger partial charge is 0.232 e. The Hall–Kier alpha value is -7.14. The van der Waals surface area contributed by atoms with Crippen molar-refractivity contribution < 1.29 is 95.9 Å². The van der Waals surface area contributed by atoms with Gasteiger partial charge in [-0.2, -0.15) is 95.9 Å². The molecule has 10 rings (SSSR count). The zero-order valence-corrected chi connectivity index (χ0v) is 44.9. The van der Waals surface area contributed by atoms with Crippen molar-refractivity contribution in [3.63, 3.8) is 0 Å². The van der Waals surface area contributed by atoms with Gasteiger partial charge < -0.3 is 0 Å². The Kier molecular flexibility index (Phi) is 14.5. The fourth-order valence-corrected chi connectivity index (χ4v) is 17.8. The maximum Gasteiger partial charge on any atom is 0.460 e. The van der Waals surface area contributed by atoms with Gasteiger partial charge in [0, 0.05) is 32.7 Å². The molecule has 438 valence electrons. The second-order valence-electron chi connectivity index (χ2n) is 18.6. The number of para-hydroxylation sites is 2. The molecule has 8 aromatic carbocycles. The molecule has 2 heterocycles. The van der Waals surface area contributed by atoms with Crippen LogP contribution in [0.4, 0.5) is 79.0 Å². The molecule has 2 aromatic heterocycles. The molecule has 0 aliphatic rings. The van der Waals surface area contributed by atoms with Crippen LogP contribution in [0.5, 0.6) is 0 Å². The first-order valence-corrected chi connectivity index (χ1v) is 29.5. The number of nitrogens with zero attached hydrogens (tertiary/aromatic N) is 2. The maximum atomic E-state index is 16.4. The van der Waals surface area contributed by atoms with E-state index in [4.69, 9.17) is 0 Å². The summed E-state index contributed by atoms with van der Waals surface area (Å²) in [6, 6.07) is 42.3. The minimum absolute atomic E-state index is 0.0675. The van der Waals surface area contributed by atoms with Crippen LogP contribution in [-0.2, 0) is 20.0 Å². The van der Waals surface area contributed by atoms with Crippen LogP contribution in [0, 0.1) is 0 Å². The Bertz CT molecular complexity index is 4050. The number of rotatable bonds is 15. The molecule has 0 atom stereocenters. The van der Waals surface area contributed by atoms with Crippen LogP contribution < -0.4 is 31.8 Å². The zero-order chi connectivity index (χ0) is 61.2. The molecule has 6 nitrogen and oxygen atoms in total. The minimum Gasteiger partial charge on any atom is -0.232 e. The second kappa shape index (κ2) is 20.3. The average molecular weight is 1260 g/mol. The topological polar surface area (TPSA) is 78.1 Å². The van der Waals surface area contributed by atoms with E-state index in [0.29, 0.717) is 33.4 Å². The number of aromatic nitrogens is 2.